The van der Waals surface area contributed by atoms with E-state index in [-0.39, 0.29) is 5.91 Å². The van der Waals surface area contributed by atoms with E-state index in [1.807, 2.05) is 0 Å². The lowest BCUT2D eigenvalue weighted by Gasteiger charge is -2.00. The van der Waals surface area contributed by atoms with Gasteiger partial charge < -0.3 is 10.3 Å². The Balaban J connectivity index is 1.80. The summed E-state index contributed by atoms with van der Waals surface area (Å²) in [7, 11) is 1.78. The van der Waals surface area contributed by atoms with Gasteiger partial charge in [-0.05, 0) is 6.07 Å². The number of aryl methyl sites for hydroxylation is 1. The quantitative estimate of drug-likeness (QED) is 0.766. The smallest absolute Gasteiger partial charge is 0.271 e. The second-order valence-electron chi connectivity index (χ2n) is 3.42. The van der Waals surface area contributed by atoms with Crippen molar-refractivity contribution in [3.8, 4) is 0 Å². The molecule has 6 heteroatoms. The number of imidazole rings is 1. The Bertz CT molecular complexity index is 459. The predicted molar refractivity (Wildman–Crippen MR) is 57.8 cm³/mol. The predicted octanol–water partition coefficient (Wildman–Crippen LogP) is 0.116. The molecule has 0 aliphatic rings. The molecule has 6 nitrogen and oxygen atoms in total. The average molecular weight is 219 g/mol. The number of aromatic nitrogens is 4. The molecular weight excluding hydrogens is 206 g/mol. The molecule has 2 aromatic heterocycles. The van der Waals surface area contributed by atoms with Crippen LogP contribution in [-0.4, -0.2) is 32.2 Å². The Kier molecular flexibility index (Phi) is 3.00. The standard InChI is InChI=1S/C10H13N5O/c1-15-7-3-8(14-15)10(16)13-4-2-9-11-5-6-12-9/h3,5-7H,2,4H2,1H3,(H,11,12)(H,13,16). The van der Waals surface area contributed by atoms with E-state index in [0.717, 1.165) is 5.82 Å². The highest BCUT2D eigenvalue weighted by atomic mass is 16.1. The molecule has 0 atom stereocenters. The maximum Gasteiger partial charge on any atom is 0.271 e. The first kappa shape index (κ1) is 10.4. The van der Waals surface area contributed by atoms with Crippen LogP contribution >= 0.6 is 0 Å². The fraction of sp³-hybridized carbons (Fsp3) is 0.300. The molecule has 0 spiro atoms. The van der Waals surface area contributed by atoms with Crippen molar-refractivity contribution in [3.05, 3.63) is 36.2 Å². The third kappa shape index (κ3) is 2.47. The number of aromatic amines is 1. The van der Waals surface area contributed by atoms with Crippen molar-refractivity contribution < 1.29 is 4.79 Å². The first-order valence-corrected chi connectivity index (χ1v) is 5.02. The number of nitrogens with zero attached hydrogens (tertiary/aromatic N) is 3. The molecule has 16 heavy (non-hydrogen) atoms. The minimum absolute atomic E-state index is 0.160. The van der Waals surface area contributed by atoms with Crippen LogP contribution in [0.4, 0.5) is 0 Å². The number of carbonyl (C=O) groups excluding carboxylic acids is 1. The van der Waals surface area contributed by atoms with E-state index in [4.69, 9.17) is 0 Å². The Morgan fingerprint density at radius 1 is 1.62 bits per heavy atom. The number of carbonyl (C=O) groups is 1. The van der Waals surface area contributed by atoms with Crippen LogP contribution in [0.1, 0.15) is 16.3 Å². The van der Waals surface area contributed by atoms with E-state index in [1.165, 1.54) is 0 Å². The summed E-state index contributed by atoms with van der Waals surface area (Å²) >= 11 is 0. The summed E-state index contributed by atoms with van der Waals surface area (Å²) < 4.78 is 1.60. The van der Waals surface area contributed by atoms with Gasteiger partial charge in [-0.25, -0.2) is 4.98 Å². The van der Waals surface area contributed by atoms with E-state index in [2.05, 4.69) is 20.4 Å². The van der Waals surface area contributed by atoms with Gasteiger partial charge >= 0.3 is 0 Å². The lowest BCUT2D eigenvalue weighted by atomic mass is 10.3. The fourth-order valence-electron chi connectivity index (χ4n) is 1.36. The fourth-order valence-corrected chi connectivity index (χ4v) is 1.36. The van der Waals surface area contributed by atoms with Gasteiger partial charge in [-0.1, -0.05) is 0 Å². The monoisotopic (exact) mass is 219 g/mol. The summed E-state index contributed by atoms with van der Waals surface area (Å²) in [5, 5.41) is 6.78. The summed E-state index contributed by atoms with van der Waals surface area (Å²) in [6.07, 6.45) is 5.87. The highest BCUT2D eigenvalue weighted by Gasteiger charge is 2.07. The maximum atomic E-state index is 11.6. The van der Waals surface area contributed by atoms with Crippen LogP contribution in [0.5, 0.6) is 0 Å². The van der Waals surface area contributed by atoms with E-state index in [0.29, 0.717) is 18.7 Å². The van der Waals surface area contributed by atoms with Crippen LogP contribution in [0.2, 0.25) is 0 Å². The summed E-state index contributed by atoms with van der Waals surface area (Å²) in [6, 6.07) is 1.68. The molecule has 2 aromatic rings. The number of nitrogens with one attached hydrogen (secondary N) is 2. The van der Waals surface area contributed by atoms with Gasteiger partial charge in [0.05, 0.1) is 0 Å². The zero-order valence-corrected chi connectivity index (χ0v) is 8.97. The molecule has 0 aliphatic carbocycles. The Hall–Kier alpha value is -2.11. The van der Waals surface area contributed by atoms with Crippen LogP contribution in [0, 0.1) is 0 Å². The van der Waals surface area contributed by atoms with Gasteiger partial charge in [0.1, 0.15) is 11.5 Å². The summed E-state index contributed by atoms with van der Waals surface area (Å²) in [5.41, 5.74) is 0.432. The summed E-state index contributed by atoms with van der Waals surface area (Å²) in [5.74, 6) is 0.702. The van der Waals surface area contributed by atoms with Crippen molar-refractivity contribution in [1.82, 2.24) is 25.1 Å². The van der Waals surface area contributed by atoms with Gasteiger partial charge in [0.2, 0.25) is 0 Å². The Morgan fingerprint density at radius 3 is 3.12 bits per heavy atom. The van der Waals surface area contributed by atoms with Crippen LogP contribution in [0.3, 0.4) is 0 Å². The van der Waals surface area contributed by atoms with Crippen molar-refractivity contribution >= 4 is 5.91 Å². The summed E-state index contributed by atoms with van der Waals surface area (Å²) in [6.45, 7) is 0.545. The van der Waals surface area contributed by atoms with Crippen molar-refractivity contribution in [2.75, 3.05) is 6.54 Å². The van der Waals surface area contributed by atoms with Crippen LogP contribution in [0.15, 0.2) is 24.7 Å². The minimum Gasteiger partial charge on any atom is -0.350 e. The largest absolute Gasteiger partial charge is 0.350 e. The van der Waals surface area contributed by atoms with Gasteiger partial charge in [0.15, 0.2) is 0 Å². The second kappa shape index (κ2) is 4.61. The number of hydrogen-bond acceptors (Lipinski definition) is 3. The normalized spacial score (nSPS) is 10.3. The highest BCUT2D eigenvalue weighted by Crippen LogP contribution is 1.94. The van der Waals surface area contributed by atoms with Gasteiger partial charge in [-0.3, -0.25) is 9.48 Å². The molecule has 0 bridgehead atoms. The van der Waals surface area contributed by atoms with Gasteiger partial charge in [0, 0.05) is 38.6 Å². The lowest BCUT2D eigenvalue weighted by molar-refractivity contribution is 0.0948. The first-order valence-electron chi connectivity index (χ1n) is 5.02. The molecule has 0 saturated carbocycles. The lowest BCUT2D eigenvalue weighted by Crippen LogP contribution is -2.26. The molecule has 84 valence electrons. The topological polar surface area (TPSA) is 75.6 Å². The third-order valence-electron chi connectivity index (χ3n) is 2.15. The van der Waals surface area contributed by atoms with Crippen molar-refractivity contribution in [2.45, 2.75) is 6.42 Å². The minimum atomic E-state index is -0.160. The molecule has 0 radical (unpaired) electrons. The molecular formula is C10H13N5O. The van der Waals surface area contributed by atoms with Gasteiger partial charge in [-0.2, -0.15) is 5.10 Å². The molecule has 0 aliphatic heterocycles. The number of hydrogen-bond donors (Lipinski definition) is 2. The molecule has 1 amide bonds. The molecule has 2 N–H and O–H groups in total. The van der Waals surface area contributed by atoms with E-state index >= 15 is 0 Å². The third-order valence-corrected chi connectivity index (χ3v) is 2.15. The second-order valence-corrected chi connectivity index (χ2v) is 3.42. The SMILES string of the molecule is Cn1ccc(C(=O)NCCc2ncc[nH]2)n1. The zero-order chi connectivity index (χ0) is 11.4. The van der Waals surface area contributed by atoms with Crippen molar-refractivity contribution in [3.63, 3.8) is 0 Å². The summed E-state index contributed by atoms with van der Waals surface area (Å²) in [4.78, 5) is 18.6. The number of rotatable bonds is 4. The molecule has 0 unspecified atom stereocenters. The van der Waals surface area contributed by atoms with Crippen molar-refractivity contribution in [1.29, 1.82) is 0 Å². The maximum absolute atomic E-state index is 11.6. The van der Waals surface area contributed by atoms with Crippen LogP contribution in [-0.2, 0) is 13.5 Å². The van der Waals surface area contributed by atoms with E-state index < -0.39 is 0 Å². The first-order chi connectivity index (χ1) is 7.75. The highest BCUT2D eigenvalue weighted by molar-refractivity contribution is 5.92. The average Bonchev–Trinajstić information content (AvgIpc) is 2.89. The number of amides is 1. The molecule has 2 heterocycles. The van der Waals surface area contributed by atoms with Crippen LogP contribution < -0.4 is 5.32 Å². The number of H-pyrrole nitrogens is 1. The van der Waals surface area contributed by atoms with Gasteiger partial charge in [0.25, 0.3) is 5.91 Å². The van der Waals surface area contributed by atoms with E-state index in [9.17, 15) is 4.79 Å². The molecule has 0 aromatic carbocycles. The zero-order valence-electron chi connectivity index (χ0n) is 8.97. The molecule has 0 fully saturated rings. The van der Waals surface area contributed by atoms with Crippen LogP contribution in [0.25, 0.3) is 0 Å². The molecule has 0 saturated heterocycles. The van der Waals surface area contributed by atoms with Gasteiger partial charge in [-0.15, -0.1) is 0 Å². The van der Waals surface area contributed by atoms with E-state index in [1.54, 1.807) is 36.4 Å². The Labute approximate surface area is 92.7 Å². The van der Waals surface area contributed by atoms with Crippen molar-refractivity contribution in [2.24, 2.45) is 7.05 Å². The Morgan fingerprint density at radius 2 is 2.50 bits per heavy atom. The molecule has 2 rings (SSSR count).